The van der Waals surface area contributed by atoms with Gasteiger partial charge in [-0.05, 0) is 11.5 Å². The van der Waals surface area contributed by atoms with E-state index < -0.39 is 12.6 Å². The maximum Gasteiger partial charge on any atom is 0.390 e. The lowest BCUT2D eigenvalue weighted by Crippen LogP contribution is -2.28. The highest BCUT2D eigenvalue weighted by Crippen LogP contribution is 2.21. The van der Waals surface area contributed by atoms with Gasteiger partial charge in [-0.3, -0.25) is 9.90 Å². The summed E-state index contributed by atoms with van der Waals surface area (Å²) in [4.78, 5) is 5.30. The van der Waals surface area contributed by atoms with Crippen LogP contribution in [0.15, 0.2) is 24.9 Å². The molecule has 0 spiro atoms. The number of rotatable bonds is 6. The van der Waals surface area contributed by atoms with E-state index in [0.29, 0.717) is 6.61 Å². The Labute approximate surface area is 101 Å². The molecule has 0 amide bonds. The van der Waals surface area contributed by atoms with Gasteiger partial charge >= 0.3 is 6.18 Å². The topological polar surface area (TPSA) is 12.5 Å². The van der Waals surface area contributed by atoms with E-state index in [0.717, 1.165) is 0 Å². The van der Waals surface area contributed by atoms with E-state index >= 15 is 0 Å². The zero-order valence-electron chi connectivity index (χ0n) is 10.5. The molecule has 0 aliphatic rings. The molecule has 5 heteroatoms. The molecule has 0 aliphatic carbocycles. The van der Waals surface area contributed by atoms with Gasteiger partial charge in [0.25, 0.3) is 0 Å². The third kappa shape index (κ3) is 11.3. The number of halogens is 3. The van der Waals surface area contributed by atoms with E-state index in [4.69, 9.17) is 4.84 Å². The fourth-order valence-electron chi connectivity index (χ4n) is 0.852. The fourth-order valence-corrected chi connectivity index (χ4v) is 0.852. The van der Waals surface area contributed by atoms with Crippen molar-refractivity contribution >= 4 is 0 Å². The van der Waals surface area contributed by atoms with Crippen LogP contribution in [0.3, 0.4) is 0 Å². The summed E-state index contributed by atoms with van der Waals surface area (Å²) in [6.45, 7) is 9.45. The minimum Gasteiger partial charge on any atom is -0.273 e. The van der Waals surface area contributed by atoms with Crippen LogP contribution in [-0.4, -0.2) is 24.4 Å². The van der Waals surface area contributed by atoms with Crippen LogP contribution in [0.4, 0.5) is 13.2 Å². The summed E-state index contributed by atoms with van der Waals surface area (Å²) in [5, 5.41) is 1.19. The van der Waals surface area contributed by atoms with Gasteiger partial charge in [0.1, 0.15) is 0 Å². The number of nitrogens with zero attached hydrogens (tertiary/aromatic N) is 1. The third-order valence-corrected chi connectivity index (χ3v) is 1.67. The monoisotopic (exact) mass is 251 g/mol. The van der Waals surface area contributed by atoms with Crippen molar-refractivity contribution in [3.63, 3.8) is 0 Å². The van der Waals surface area contributed by atoms with E-state index in [1.165, 1.54) is 17.3 Å². The lowest BCUT2D eigenvalue weighted by Gasteiger charge is -2.25. The molecule has 0 N–H and O–H groups in total. The van der Waals surface area contributed by atoms with Gasteiger partial charge in [0.05, 0.1) is 19.6 Å². The molecular weight excluding hydrogens is 231 g/mol. The molecule has 0 atom stereocenters. The Bertz CT molecular complexity index is 235. The summed E-state index contributed by atoms with van der Waals surface area (Å²) in [7, 11) is 0. The molecule has 0 heterocycles. The van der Waals surface area contributed by atoms with Gasteiger partial charge in [-0.15, -0.1) is 0 Å². The molecule has 0 radical (unpaired) electrons. The Kier molecular flexibility index (Phi) is 6.31. The molecule has 0 aromatic heterocycles. The maximum absolute atomic E-state index is 12.1. The molecule has 0 fully saturated rings. The van der Waals surface area contributed by atoms with Crippen molar-refractivity contribution in [3.8, 4) is 0 Å². The second-order valence-electron chi connectivity index (χ2n) is 4.92. The summed E-state index contributed by atoms with van der Waals surface area (Å²) < 4.78 is 36.3. The Morgan fingerprint density at radius 1 is 1.24 bits per heavy atom. The molecule has 0 rings (SSSR count). The molecule has 0 aliphatic heterocycles. The zero-order valence-corrected chi connectivity index (χ0v) is 10.5. The molecule has 0 aromatic rings. The number of hydroxylamine groups is 2. The smallest absolute Gasteiger partial charge is 0.273 e. The molecular formula is C12H20F3NO. The van der Waals surface area contributed by atoms with Crippen molar-refractivity contribution in [2.24, 2.45) is 5.41 Å². The fraction of sp³-hybridized carbons (Fsp3) is 0.667. The van der Waals surface area contributed by atoms with Crippen LogP contribution < -0.4 is 0 Å². The van der Waals surface area contributed by atoms with E-state index in [-0.39, 0.29) is 12.0 Å². The van der Waals surface area contributed by atoms with E-state index in [1.807, 2.05) is 20.8 Å². The number of hydrogen-bond donors (Lipinski definition) is 0. The lowest BCUT2D eigenvalue weighted by atomic mass is 9.99. The number of alkyl halides is 3. The van der Waals surface area contributed by atoms with Crippen molar-refractivity contribution in [2.75, 3.05) is 13.2 Å². The van der Waals surface area contributed by atoms with Crippen LogP contribution in [0.2, 0.25) is 0 Å². The predicted octanol–water partition coefficient (Wildman–Crippen LogP) is 3.92. The summed E-state index contributed by atoms with van der Waals surface area (Å²) >= 11 is 0. The minimum absolute atomic E-state index is 0.0987. The Balaban J connectivity index is 4.24. The third-order valence-electron chi connectivity index (χ3n) is 1.67. The standard InChI is InChI=1S/C12H20F3NO/c1-5-6-8-16(9-7-12(13,14)15)17-10-11(2,3)4/h5-6,8H,1,7,9-10H2,2-4H3/b8-6-. The minimum atomic E-state index is -4.18. The van der Waals surface area contributed by atoms with E-state index in [9.17, 15) is 13.2 Å². The molecule has 2 nitrogen and oxygen atoms in total. The van der Waals surface area contributed by atoms with Gasteiger partial charge < -0.3 is 0 Å². The van der Waals surface area contributed by atoms with Crippen molar-refractivity contribution in [1.29, 1.82) is 0 Å². The van der Waals surface area contributed by atoms with Crippen LogP contribution in [0.1, 0.15) is 27.2 Å². The van der Waals surface area contributed by atoms with Crippen LogP contribution in [0.5, 0.6) is 0 Å². The molecule has 17 heavy (non-hydrogen) atoms. The summed E-state index contributed by atoms with van der Waals surface area (Å²) in [6, 6.07) is 0. The number of hydrogen-bond acceptors (Lipinski definition) is 2. The highest BCUT2D eigenvalue weighted by atomic mass is 19.4. The van der Waals surface area contributed by atoms with Crippen LogP contribution in [-0.2, 0) is 4.84 Å². The Morgan fingerprint density at radius 3 is 2.24 bits per heavy atom. The first-order chi connectivity index (χ1) is 7.64. The first-order valence-corrected chi connectivity index (χ1v) is 5.39. The average Bonchev–Trinajstić information content (AvgIpc) is 2.13. The van der Waals surface area contributed by atoms with E-state index in [2.05, 4.69) is 6.58 Å². The largest absolute Gasteiger partial charge is 0.390 e. The Morgan fingerprint density at radius 2 is 1.82 bits per heavy atom. The van der Waals surface area contributed by atoms with Crippen molar-refractivity contribution < 1.29 is 18.0 Å². The first-order valence-electron chi connectivity index (χ1n) is 5.39. The second kappa shape index (κ2) is 6.69. The second-order valence-corrected chi connectivity index (χ2v) is 4.92. The molecule has 0 saturated heterocycles. The molecule has 0 bridgehead atoms. The van der Waals surface area contributed by atoms with Crippen LogP contribution in [0, 0.1) is 5.41 Å². The van der Waals surface area contributed by atoms with E-state index in [1.54, 1.807) is 6.08 Å². The van der Waals surface area contributed by atoms with Gasteiger partial charge in [0, 0.05) is 6.20 Å². The van der Waals surface area contributed by atoms with Gasteiger partial charge in [0.15, 0.2) is 0 Å². The SMILES string of the molecule is C=C/C=C\N(CCC(F)(F)F)OCC(C)(C)C. The van der Waals surface area contributed by atoms with Gasteiger partial charge in [-0.2, -0.15) is 13.2 Å². The summed E-state index contributed by atoms with van der Waals surface area (Å²) in [5.74, 6) is 0. The maximum atomic E-state index is 12.1. The predicted molar refractivity (Wildman–Crippen MR) is 62.1 cm³/mol. The highest BCUT2D eigenvalue weighted by Gasteiger charge is 2.27. The normalized spacial score (nSPS) is 13.1. The summed E-state index contributed by atoms with van der Waals surface area (Å²) in [5.41, 5.74) is -0.0987. The van der Waals surface area contributed by atoms with Crippen molar-refractivity contribution in [2.45, 2.75) is 33.4 Å². The summed E-state index contributed by atoms with van der Waals surface area (Å²) in [6.07, 6.45) is -0.603. The first kappa shape index (κ1) is 16.0. The number of allylic oxidation sites excluding steroid dienone is 2. The molecule has 0 aromatic carbocycles. The van der Waals surface area contributed by atoms with Gasteiger partial charge in [0.2, 0.25) is 0 Å². The average molecular weight is 251 g/mol. The lowest BCUT2D eigenvalue weighted by molar-refractivity contribution is -0.180. The van der Waals surface area contributed by atoms with Gasteiger partial charge in [-0.25, -0.2) is 0 Å². The van der Waals surface area contributed by atoms with Crippen LogP contribution in [0.25, 0.3) is 0 Å². The molecule has 100 valence electrons. The molecule has 0 unspecified atom stereocenters. The zero-order chi connectivity index (χ0) is 13.5. The Hall–Kier alpha value is -0.970. The highest BCUT2D eigenvalue weighted by molar-refractivity contribution is 4.95. The molecule has 0 saturated carbocycles. The van der Waals surface area contributed by atoms with Gasteiger partial charge in [-0.1, -0.05) is 33.4 Å². The quantitative estimate of drug-likeness (QED) is 0.524. The van der Waals surface area contributed by atoms with Crippen LogP contribution >= 0.6 is 0 Å². The van der Waals surface area contributed by atoms with Crippen molar-refractivity contribution in [3.05, 3.63) is 24.9 Å². The van der Waals surface area contributed by atoms with Crippen molar-refractivity contribution in [1.82, 2.24) is 5.06 Å².